The lowest BCUT2D eigenvalue weighted by Crippen LogP contribution is -2.40. The van der Waals surface area contributed by atoms with Gasteiger partial charge in [-0.2, -0.15) is 0 Å². The van der Waals surface area contributed by atoms with Crippen molar-refractivity contribution in [2.45, 2.75) is 19.0 Å². The van der Waals surface area contributed by atoms with E-state index in [0.29, 0.717) is 12.2 Å². The van der Waals surface area contributed by atoms with Gasteiger partial charge in [0.1, 0.15) is 10.8 Å². The molecule has 8 nitrogen and oxygen atoms in total. The first kappa shape index (κ1) is 18.4. The maximum Gasteiger partial charge on any atom is 0.288 e. The topological polar surface area (TPSA) is 111 Å². The van der Waals surface area contributed by atoms with E-state index in [9.17, 15) is 23.3 Å². The Bertz CT molecular complexity index is 942. The van der Waals surface area contributed by atoms with Crippen LogP contribution in [-0.4, -0.2) is 41.7 Å². The fourth-order valence-electron chi connectivity index (χ4n) is 2.91. The first-order chi connectivity index (χ1) is 12.3. The highest BCUT2D eigenvalue weighted by Crippen LogP contribution is 2.28. The molecule has 1 aliphatic rings. The third kappa shape index (κ3) is 3.88. The van der Waals surface area contributed by atoms with Gasteiger partial charge in [-0.25, -0.2) is 8.42 Å². The van der Waals surface area contributed by atoms with Gasteiger partial charge < -0.3 is 9.32 Å². The molecule has 2 aromatic rings. The van der Waals surface area contributed by atoms with E-state index < -0.39 is 26.7 Å². The van der Waals surface area contributed by atoms with E-state index in [1.807, 2.05) is 0 Å². The SMILES string of the molecule is O=C(c1ccc(Cl)c([N+](=O)[O-])c1)N(Cc1ccco1)C1CCS(=O)(=O)C1. The van der Waals surface area contributed by atoms with E-state index in [1.54, 1.807) is 12.1 Å². The first-order valence-electron chi connectivity index (χ1n) is 7.74. The Hall–Kier alpha value is -2.39. The number of nitrogens with zero attached hydrogens (tertiary/aromatic N) is 2. The lowest BCUT2D eigenvalue weighted by molar-refractivity contribution is -0.384. The molecule has 0 N–H and O–H groups in total. The van der Waals surface area contributed by atoms with Crippen LogP contribution in [0.25, 0.3) is 0 Å². The average Bonchev–Trinajstić information content (AvgIpc) is 3.21. The van der Waals surface area contributed by atoms with Gasteiger partial charge in [0.25, 0.3) is 11.6 Å². The van der Waals surface area contributed by atoms with E-state index in [1.165, 1.54) is 23.3 Å². The number of hydrogen-bond acceptors (Lipinski definition) is 6. The van der Waals surface area contributed by atoms with Crippen LogP contribution in [0.3, 0.4) is 0 Å². The molecule has 1 saturated heterocycles. The summed E-state index contributed by atoms with van der Waals surface area (Å²) in [4.78, 5) is 24.8. The molecule has 0 aliphatic carbocycles. The Labute approximate surface area is 154 Å². The largest absolute Gasteiger partial charge is 0.467 e. The van der Waals surface area contributed by atoms with Gasteiger partial charge in [0.2, 0.25) is 0 Å². The molecule has 0 radical (unpaired) electrons. The van der Waals surface area contributed by atoms with Gasteiger partial charge in [-0.05, 0) is 30.7 Å². The summed E-state index contributed by atoms with van der Waals surface area (Å²) in [5, 5.41) is 11.0. The summed E-state index contributed by atoms with van der Waals surface area (Å²) in [6.45, 7) is 0.0719. The molecule has 138 valence electrons. The molecule has 1 amide bonds. The highest BCUT2D eigenvalue weighted by Gasteiger charge is 2.36. The third-order valence-corrected chi connectivity index (χ3v) is 6.28. The van der Waals surface area contributed by atoms with Gasteiger partial charge in [-0.3, -0.25) is 14.9 Å². The van der Waals surface area contributed by atoms with Gasteiger partial charge in [0.05, 0.1) is 29.2 Å². The molecule has 3 rings (SSSR count). The number of halogens is 1. The minimum atomic E-state index is -3.22. The molecule has 2 heterocycles. The fourth-order valence-corrected chi connectivity index (χ4v) is 4.83. The monoisotopic (exact) mass is 398 g/mol. The number of amides is 1. The van der Waals surface area contributed by atoms with Gasteiger partial charge in [0, 0.05) is 17.7 Å². The molecule has 0 bridgehead atoms. The van der Waals surface area contributed by atoms with Crippen molar-refractivity contribution in [3.05, 3.63) is 63.1 Å². The summed E-state index contributed by atoms with van der Waals surface area (Å²) in [6, 6.07) is 6.58. The van der Waals surface area contributed by atoms with Crippen LogP contribution in [0, 0.1) is 10.1 Å². The summed E-state index contributed by atoms with van der Waals surface area (Å²) in [7, 11) is -3.22. The lowest BCUT2D eigenvalue weighted by atomic mass is 10.1. The van der Waals surface area contributed by atoms with Crippen LogP contribution in [0.4, 0.5) is 5.69 Å². The van der Waals surface area contributed by atoms with Crippen LogP contribution in [-0.2, 0) is 16.4 Å². The van der Waals surface area contributed by atoms with Gasteiger partial charge in [0.15, 0.2) is 9.84 Å². The molecule has 10 heteroatoms. The molecule has 0 saturated carbocycles. The van der Waals surface area contributed by atoms with Crippen molar-refractivity contribution in [1.29, 1.82) is 0 Å². The van der Waals surface area contributed by atoms with Gasteiger partial charge >= 0.3 is 0 Å². The summed E-state index contributed by atoms with van der Waals surface area (Å²) in [5.41, 5.74) is -0.313. The maximum atomic E-state index is 13.0. The summed E-state index contributed by atoms with van der Waals surface area (Å²) in [6.07, 6.45) is 1.76. The molecule has 1 aliphatic heterocycles. The smallest absolute Gasteiger partial charge is 0.288 e. The minimum Gasteiger partial charge on any atom is -0.467 e. The number of benzene rings is 1. The van der Waals surface area contributed by atoms with Crippen molar-refractivity contribution in [2.24, 2.45) is 0 Å². The van der Waals surface area contributed by atoms with Crippen LogP contribution in [0.5, 0.6) is 0 Å². The highest BCUT2D eigenvalue weighted by molar-refractivity contribution is 7.91. The summed E-state index contributed by atoms with van der Waals surface area (Å²) in [5.74, 6) is -0.162. The molecule has 1 atom stereocenters. The van der Waals surface area contributed by atoms with Crippen LogP contribution >= 0.6 is 11.6 Å². The molecular formula is C16H15ClN2O6S. The van der Waals surface area contributed by atoms with E-state index in [2.05, 4.69) is 0 Å². The third-order valence-electron chi connectivity index (χ3n) is 4.21. The Morgan fingerprint density at radius 1 is 1.38 bits per heavy atom. The maximum absolute atomic E-state index is 13.0. The van der Waals surface area contributed by atoms with Crippen LogP contribution in [0.2, 0.25) is 5.02 Å². The van der Waals surface area contributed by atoms with E-state index in [0.717, 1.165) is 6.07 Å². The average molecular weight is 399 g/mol. The number of carbonyl (C=O) groups is 1. The van der Waals surface area contributed by atoms with E-state index in [4.69, 9.17) is 16.0 Å². The van der Waals surface area contributed by atoms with Crippen molar-refractivity contribution < 1.29 is 22.6 Å². The standard InChI is InChI=1S/C16H15ClN2O6S/c17-14-4-3-11(8-15(14)19(21)22)16(20)18(9-13-2-1-6-25-13)12-5-7-26(23,24)10-12/h1-4,6,8,12H,5,7,9-10H2. The van der Waals surface area contributed by atoms with Crippen molar-refractivity contribution in [3.63, 3.8) is 0 Å². The highest BCUT2D eigenvalue weighted by atomic mass is 35.5. The zero-order valence-corrected chi connectivity index (χ0v) is 15.1. The molecule has 1 unspecified atom stereocenters. The molecular weight excluding hydrogens is 384 g/mol. The Balaban J connectivity index is 1.94. The minimum absolute atomic E-state index is 0.000364. The number of furan rings is 1. The van der Waals surface area contributed by atoms with Crippen molar-refractivity contribution in [1.82, 2.24) is 4.90 Å². The number of nitro benzene ring substituents is 1. The van der Waals surface area contributed by atoms with Crippen LogP contribution in [0.15, 0.2) is 41.0 Å². The van der Waals surface area contributed by atoms with Crippen molar-refractivity contribution in [3.8, 4) is 0 Å². The van der Waals surface area contributed by atoms with Gasteiger partial charge in [-0.1, -0.05) is 11.6 Å². The second kappa shape index (κ2) is 7.08. The van der Waals surface area contributed by atoms with Gasteiger partial charge in [-0.15, -0.1) is 0 Å². The Morgan fingerprint density at radius 2 is 2.15 bits per heavy atom. The number of nitro groups is 1. The predicted octanol–water partition coefficient (Wildman–Crippen LogP) is 2.67. The van der Waals surface area contributed by atoms with Crippen LogP contribution in [0.1, 0.15) is 22.5 Å². The number of hydrogen-bond donors (Lipinski definition) is 0. The van der Waals surface area contributed by atoms with Crippen molar-refractivity contribution >= 4 is 33.0 Å². The second-order valence-electron chi connectivity index (χ2n) is 5.99. The van der Waals surface area contributed by atoms with Crippen LogP contribution < -0.4 is 0 Å². The molecule has 1 aromatic heterocycles. The molecule has 0 spiro atoms. The van der Waals surface area contributed by atoms with Crippen molar-refractivity contribution in [2.75, 3.05) is 11.5 Å². The second-order valence-corrected chi connectivity index (χ2v) is 8.63. The number of sulfone groups is 1. The lowest BCUT2D eigenvalue weighted by Gasteiger charge is -2.27. The zero-order chi connectivity index (χ0) is 18.9. The fraction of sp³-hybridized carbons (Fsp3) is 0.312. The van der Waals surface area contributed by atoms with E-state index in [-0.39, 0.29) is 34.3 Å². The molecule has 26 heavy (non-hydrogen) atoms. The summed E-state index contributed by atoms with van der Waals surface area (Å²) >= 11 is 5.79. The van der Waals surface area contributed by atoms with E-state index >= 15 is 0 Å². The normalized spacial score (nSPS) is 18.6. The quantitative estimate of drug-likeness (QED) is 0.565. The Morgan fingerprint density at radius 3 is 2.73 bits per heavy atom. The predicted molar refractivity (Wildman–Crippen MR) is 93.7 cm³/mol. The number of rotatable bonds is 5. The first-order valence-corrected chi connectivity index (χ1v) is 9.94. The molecule has 1 aromatic carbocycles. The zero-order valence-electron chi connectivity index (χ0n) is 13.5. The Kier molecular flexibility index (Phi) is 5.01. The summed E-state index contributed by atoms with van der Waals surface area (Å²) < 4.78 is 28.9. The molecule has 1 fully saturated rings. The number of carbonyl (C=O) groups excluding carboxylic acids is 1.